The monoisotopic (exact) mass is 357 g/mol. The van der Waals surface area contributed by atoms with Crippen molar-refractivity contribution in [3.8, 4) is 0 Å². The Morgan fingerprint density at radius 2 is 2.15 bits per heavy atom. The Bertz CT molecular complexity index is 774. The Labute approximate surface area is 152 Å². The van der Waals surface area contributed by atoms with Gasteiger partial charge in [0.05, 0.1) is 30.4 Å². The molecule has 2 amide bonds. The molecule has 1 atom stereocenters. The van der Waals surface area contributed by atoms with Crippen LogP contribution in [0.5, 0.6) is 0 Å². The summed E-state index contributed by atoms with van der Waals surface area (Å²) in [6.07, 6.45) is 3.79. The Morgan fingerprint density at radius 1 is 1.31 bits per heavy atom. The van der Waals surface area contributed by atoms with E-state index >= 15 is 0 Å². The zero-order valence-corrected chi connectivity index (χ0v) is 15.0. The standard InChI is InChI=1S/C18H23N5O3/c1-13-18-21-15(9-16(24)20-10-14-5-3-4-6-19-14)11-22(18)7-8-23(13)17(25)12-26-2/h3-6,11,13H,7-10,12H2,1-2H3,(H,20,24)/t13-/m1/s1. The maximum absolute atomic E-state index is 12.2. The number of fused-ring (bicyclic) bond motifs is 1. The summed E-state index contributed by atoms with van der Waals surface area (Å²) in [5.41, 5.74) is 1.51. The molecule has 1 aliphatic heterocycles. The average Bonchev–Trinajstić information content (AvgIpc) is 3.05. The molecule has 1 N–H and O–H groups in total. The molecule has 0 bridgehead atoms. The van der Waals surface area contributed by atoms with Gasteiger partial charge in [-0.25, -0.2) is 4.98 Å². The van der Waals surface area contributed by atoms with Crippen molar-refractivity contribution >= 4 is 11.8 Å². The van der Waals surface area contributed by atoms with Gasteiger partial charge in [-0.05, 0) is 19.1 Å². The van der Waals surface area contributed by atoms with E-state index < -0.39 is 0 Å². The third kappa shape index (κ3) is 4.08. The van der Waals surface area contributed by atoms with Gasteiger partial charge < -0.3 is 19.5 Å². The summed E-state index contributed by atoms with van der Waals surface area (Å²) in [5, 5.41) is 2.85. The van der Waals surface area contributed by atoms with Crippen LogP contribution in [0.25, 0.3) is 0 Å². The molecule has 0 spiro atoms. The number of rotatable bonds is 6. The molecule has 8 nitrogen and oxygen atoms in total. The number of hydrogen-bond acceptors (Lipinski definition) is 5. The first-order chi connectivity index (χ1) is 12.6. The molecule has 0 aromatic carbocycles. The van der Waals surface area contributed by atoms with Crippen molar-refractivity contribution in [2.75, 3.05) is 20.3 Å². The molecule has 8 heteroatoms. The zero-order valence-electron chi connectivity index (χ0n) is 15.0. The van der Waals surface area contributed by atoms with Gasteiger partial charge in [0, 0.05) is 32.6 Å². The number of nitrogens with zero attached hydrogens (tertiary/aromatic N) is 4. The highest BCUT2D eigenvalue weighted by atomic mass is 16.5. The highest BCUT2D eigenvalue weighted by Gasteiger charge is 2.29. The fourth-order valence-electron chi connectivity index (χ4n) is 3.10. The summed E-state index contributed by atoms with van der Waals surface area (Å²) in [4.78, 5) is 34.8. The van der Waals surface area contributed by atoms with E-state index in [4.69, 9.17) is 4.74 Å². The molecule has 0 unspecified atom stereocenters. The van der Waals surface area contributed by atoms with E-state index in [-0.39, 0.29) is 30.9 Å². The van der Waals surface area contributed by atoms with Crippen LogP contribution in [0.4, 0.5) is 0 Å². The summed E-state index contributed by atoms with van der Waals surface area (Å²) in [6, 6.07) is 5.44. The molecule has 138 valence electrons. The molecule has 0 aliphatic carbocycles. The Balaban J connectivity index is 1.60. The minimum Gasteiger partial charge on any atom is -0.375 e. The molecule has 0 saturated heterocycles. The van der Waals surface area contributed by atoms with E-state index in [2.05, 4.69) is 15.3 Å². The van der Waals surface area contributed by atoms with Crippen molar-refractivity contribution in [2.24, 2.45) is 0 Å². The van der Waals surface area contributed by atoms with Crippen molar-refractivity contribution in [1.29, 1.82) is 0 Å². The van der Waals surface area contributed by atoms with Gasteiger partial charge >= 0.3 is 0 Å². The number of aromatic nitrogens is 3. The summed E-state index contributed by atoms with van der Waals surface area (Å²) in [5.74, 6) is 0.642. The molecule has 3 rings (SSSR count). The van der Waals surface area contributed by atoms with Crippen LogP contribution < -0.4 is 5.32 Å². The van der Waals surface area contributed by atoms with Crippen LogP contribution in [-0.2, 0) is 33.8 Å². The number of carbonyl (C=O) groups excluding carboxylic acids is 2. The molecule has 26 heavy (non-hydrogen) atoms. The first kappa shape index (κ1) is 18.1. The van der Waals surface area contributed by atoms with Gasteiger partial charge in [-0.1, -0.05) is 6.07 Å². The number of methoxy groups -OCH3 is 1. The number of ether oxygens (including phenoxy) is 1. The molecule has 3 heterocycles. The molecule has 2 aromatic heterocycles. The zero-order chi connectivity index (χ0) is 18.5. The minimum absolute atomic E-state index is 0.0519. The highest BCUT2D eigenvalue weighted by molar-refractivity contribution is 5.78. The number of pyridine rings is 1. The quantitative estimate of drug-likeness (QED) is 0.821. The van der Waals surface area contributed by atoms with Crippen molar-refractivity contribution in [3.05, 3.63) is 47.8 Å². The predicted molar refractivity (Wildman–Crippen MR) is 94.0 cm³/mol. The Hall–Kier alpha value is -2.74. The molecular formula is C18H23N5O3. The fraction of sp³-hybridized carbons (Fsp3) is 0.444. The molecule has 0 saturated carbocycles. The molecular weight excluding hydrogens is 334 g/mol. The van der Waals surface area contributed by atoms with Crippen molar-refractivity contribution < 1.29 is 14.3 Å². The van der Waals surface area contributed by atoms with Crippen LogP contribution in [0.15, 0.2) is 30.6 Å². The smallest absolute Gasteiger partial charge is 0.249 e. The van der Waals surface area contributed by atoms with Crippen LogP contribution in [0.1, 0.15) is 30.2 Å². The second kappa shape index (κ2) is 8.09. The van der Waals surface area contributed by atoms with E-state index in [1.807, 2.05) is 35.9 Å². The Morgan fingerprint density at radius 3 is 2.88 bits per heavy atom. The number of hydrogen-bond donors (Lipinski definition) is 1. The molecule has 0 fully saturated rings. The van der Waals surface area contributed by atoms with Crippen molar-refractivity contribution in [3.63, 3.8) is 0 Å². The summed E-state index contributed by atoms with van der Waals surface area (Å²) >= 11 is 0. The largest absolute Gasteiger partial charge is 0.375 e. The maximum atomic E-state index is 12.2. The number of carbonyl (C=O) groups is 2. The lowest BCUT2D eigenvalue weighted by atomic mass is 10.2. The number of amides is 2. The lowest BCUT2D eigenvalue weighted by Crippen LogP contribution is -2.42. The fourth-order valence-corrected chi connectivity index (χ4v) is 3.10. The third-order valence-electron chi connectivity index (χ3n) is 4.40. The number of nitrogens with one attached hydrogen (secondary N) is 1. The topological polar surface area (TPSA) is 89.4 Å². The number of imidazole rings is 1. The van der Waals surface area contributed by atoms with Crippen LogP contribution >= 0.6 is 0 Å². The van der Waals surface area contributed by atoms with Crippen LogP contribution in [0, 0.1) is 0 Å². The summed E-state index contributed by atoms with van der Waals surface area (Å²) in [6.45, 7) is 3.67. The minimum atomic E-state index is -0.142. The van der Waals surface area contributed by atoms with Gasteiger partial charge in [-0.15, -0.1) is 0 Å². The van der Waals surface area contributed by atoms with Gasteiger partial charge in [-0.3, -0.25) is 14.6 Å². The van der Waals surface area contributed by atoms with E-state index in [1.54, 1.807) is 11.1 Å². The van der Waals surface area contributed by atoms with Gasteiger partial charge in [-0.2, -0.15) is 0 Å². The first-order valence-corrected chi connectivity index (χ1v) is 8.59. The second-order valence-electron chi connectivity index (χ2n) is 6.25. The van der Waals surface area contributed by atoms with E-state index in [0.717, 1.165) is 11.5 Å². The lowest BCUT2D eigenvalue weighted by Gasteiger charge is -2.33. The van der Waals surface area contributed by atoms with Crippen molar-refractivity contribution in [1.82, 2.24) is 24.8 Å². The summed E-state index contributed by atoms with van der Waals surface area (Å²) in [7, 11) is 1.51. The average molecular weight is 357 g/mol. The van der Waals surface area contributed by atoms with E-state index in [0.29, 0.717) is 25.3 Å². The first-order valence-electron chi connectivity index (χ1n) is 8.59. The summed E-state index contributed by atoms with van der Waals surface area (Å²) < 4.78 is 6.95. The van der Waals surface area contributed by atoms with Crippen LogP contribution in [0.2, 0.25) is 0 Å². The third-order valence-corrected chi connectivity index (χ3v) is 4.40. The normalized spacial score (nSPS) is 16.2. The maximum Gasteiger partial charge on any atom is 0.249 e. The van der Waals surface area contributed by atoms with E-state index in [9.17, 15) is 9.59 Å². The predicted octanol–water partition coefficient (Wildman–Crippen LogP) is 0.687. The molecule has 2 aromatic rings. The SMILES string of the molecule is COCC(=O)N1CCn2cc(CC(=O)NCc3ccccn3)nc2[C@H]1C. The van der Waals surface area contributed by atoms with Crippen LogP contribution in [0.3, 0.4) is 0 Å². The lowest BCUT2D eigenvalue weighted by molar-refractivity contribution is -0.138. The Kier molecular flexibility index (Phi) is 5.62. The molecule has 1 aliphatic rings. The van der Waals surface area contributed by atoms with Gasteiger partial charge in [0.25, 0.3) is 0 Å². The molecule has 0 radical (unpaired) electrons. The highest BCUT2D eigenvalue weighted by Crippen LogP contribution is 2.24. The second-order valence-corrected chi connectivity index (χ2v) is 6.25. The van der Waals surface area contributed by atoms with Gasteiger partial charge in [0.15, 0.2) is 0 Å². The van der Waals surface area contributed by atoms with Crippen molar-refractivity contribution in [2.45, 2.75) is 32.5 Å². The van der Waals surface area contributed by atoms with Gasteiger partial charge in [0.1, 0.15) is 12.4 Å². The van der Waals surface area contributed by atoms with Gasteiger partial charge in [0.2, 0.25) is 11.8 Å². The van der Waals surface area contributed by atoms with Crippen LogP contribution in [-0.4, -0.2) is 51.5 Å². The van der Waals surface area contributed by atoms with E-state index in [1.165, 1.54) is 7.11 Å².